The SMILES string of the molecule is CC1(c2cc(Br)ccc2F)CC2(CCOCC2)NC(N)=N1. The molecule has 0 radical (unpaired) electrons. The highest BCUT2D eigenvalue weighted by Crippen LogP contribution is 2.42. The van der Waals surface area contributed by atoms with Gasteiger partial charge in [0.25, 0.3) is 0 Å². The minimum atomic E-state index is -0.666. The van der Waals surface area contributed by atoms with Gasteiger partial charge in [0.2, 0.25) is 0 Å². The average Bonchev–Trinajstić information content (AvgIpc) is 2.41. The molecule has 0 saturated carbocycles. The lowest BCUT2D eigenvalue weighted by Crippen LogP contribution is -2.60. The van der Waals surface area contributed by atoms with Crippen LogP contribution >= 0.6 is 15.9 Å². The van der Waals surface area contributed by atoms with Gasteiger partial charge in [-0.05, 0) is 44.4 Å². The Kier molecular flexibility index (Phi) is 3.69. The van der Waals surface area contributed by atoms with Gasteiger partial charge in [-0.25, -0.2) is 9.38 Å². The van der Waals surface area contributed by atoms with Gasteiger partial charge in [-0.1, -0.05) is 15.9 Å². The number of guanidine groups is 1. The monoisotopic (exact) mass is 355 g/mol. The summed E-state index contributed by atoms with van der Waals surface area (Å²) < 4.78 is 20.6. The Labute approximate surface area is 132 Å². The zero-order valence-electron chi connectivity index (χ0n) is 12.0. The first-order valence-electron chi connectivity index (χ1n) is 7.09. The van der Waals surface area contributed by atoms with Crippen LogP contribution in [0, 0.1) is 5.82 Å². The van der Waals surface area contributed by atoms with Crippen LogP contribution in [-0.4, -0.2) is 24.7 Å². The van der Waals surface area contributed by atoms with Crippen LogP contribution in [0.15, 0.2) is 27.7 Å². The summed E-state index contributed by atoms with van der Waals surface area (Å²) in [5.41, 5.74) is 5.76. The molecule has 0 aliphatic carbocycles. The molecule has 1 saturated heterocycles. The van der Waals surface area contributed by atoms with Gasteiger partial charge in [-0.2, -0.15) is 0 Å². The van der Waals surface area contributed by atoms with Crippen LogP contribution in [0.4, 0.5) is 4.39 Å². The Morgan fingerprint density at radius 1 is 1.38 bits per heavy atom. The molecule has 2 heterocycles. The predicted octanol–water partition coefficient (Wildman–Crippen LogP) is 2.66. The fourth-order valence-electron chi connectivity index (χ4n) is 3.44. The van der Waals surface area contributed by atoms with Gasteiger partial charge in [-0.3, -0.25) is 0 Å². The highest BCUT2D eigenvalue weighted by Gasteiger charge is 2.45. The van der Waals surface area contributed by atoms with Gasteiger partial charge in [0.05, 0.1) is 5.54 Å². The van der Waals surface area contributed by atoms with Crippen molar-refractivity contribution in [1.29, 1.82) is 0 Å². The van der Waals surface area contributed by atoms with E-state index >= 15 is 0 Å². The maximum absolute atomic E-state index is 14.3. The summed E-state index contributed by atoms with van der Waals surface area (Å²) in [5, 5.41) is 3.30. The predicted molar refractivity (Wildman–Crippen MR) is 83.6 cm³/mol. The molecule has 0 amide bonds. The molecular weight excluding hydrogens is 337 g/mol. The van der Waals surface area contributed by atoms with Crippen molar-refractivity contribution in [2.45, 2.75) is 37.3 Å². The van der Waals surface area contributed by atoms with Gasteiger partial charge in [0.15, 0.2) is 5.96 Å². The Balaban J connectivity index is 2.03. The van der Waals surface area contributed by atoms with Crippen LogP contribution in [0.5, 0.6) is 0 Å². The average molecular weight is 356 g/mol. The van der Waals surface area contributed by atoms with Crippen LogP contribution in [0.1, 0.15) is 31.7 Å². The molecule has 1 aromatic carbocycles. The third kappa shape index (κ3) is 2.79. The molecule has 6 heteroatoms. The van der Waals surface area contributed by atoms with Crippen molar-refractivity contribution in [3.63, 3.8) is 0 Å². The summed E-state index contributed by atoms with van der Waals surface area (Å²) in [6.45, 7) is 3.33. The van der Waals surface area contributed by atoms with Gasteiger partial charge in [0.1, 0.15) is 5.82 Å². The first-order chi connectivity index (χ1) is 9.92. The molecule has 3 N–H and O–H groups in total. The maximum atomic E-state index is 14.3. The zero-order chi connectivity index (χ0) is 15.1. The number of halogens is 2. The van der Waals surface area contributed by atoms with Crippen molar-refractivity contribution in [3.05, 3.63) is 34.1 Å². The quantitative estimate of drug-likeness (QED) is 0.813. The van der Waals surface area contributed by atoms with E-state index in [1.54, 1.807) is 12.1 Å². The molecule has 2 aliphatic heterocycles. The van der Waals surface area contributed by atoms with Gasteiger partial charge in [0, 0.05) is 28.8 Å². The molecule has 1 aromatic rings. The molecule has 0 aromatic heterocycles. The van der Waals surface area contributed by atoms with Crippen molar-refractivity contribution in [2.24, 2.45) is 10.7 Å². The second kappa shape index (κ2) is 5.25. The number of hydrogen-bond acceptors (Lipinski definition) is 4. The second-order valence-corrected chi connectivity index (χ2v) is 7.01. The van der Waals surface area contributed by atoms with E-state index in [1.165, 1.54) is 6.07 Å². The van der Waals surface area contributed by atoms with Crippen molar-refractivity contribution < 1.29 is 9.13 Å². The van der Waals surface area contributed by atoms with Crippen molar-refractivity contribution in [3.8, 4) is 0 Å². The number of nitrogens with one attached hydrogen (secondary N) is 1. The molecule has 1 fully saturated rings. The van der Waals surface area contributed by atoms with E-state index in [-0.39, 0.29) is 11.4 Å². The fraction of sp³-hybridized carbons (Fsp3) is 0.533. The molecule has 114 valence electrons. The lowest BCUT2D eigenvalue weighted by Gasteiger charge is -2.47. The molecule has 0 bridgehead atoms. The number of benzene rings is 1. The van der Waals surface area contributed by atoms with Gasteiger partial charge in [-0.15, -0.1) is 0 Å². The minimum absolute atomic E-state index is 0.159. The van der Waals surface area contributed by atoms with Crippen LogP contribution < -0.4 is 11.1 Å². The smallest absolute Gasteiger partial charge is 0.189 e. The van der Waals surface area contributed by atoms with Crippen molar-refractivity contribution >= 4 is 21.9 Å². The number of hydrogen-bond donors (Lipinski definition) is 2. The largest absolute Gasteiger partial charge is 0.381 e. The number of ether oxygens (including phenoxy) is 1. The van der Waals surface area contributed by atoms with Gasteiger partial charge < -0.3 is 15.8 Å². The third-order valence-electron chi connectivity index (χ3n) is 4.40. The number of nitrogens with two attached hydrogens (primary N) is 1. The summed E-state index contributed by atoms with van der Waals surface area (Å²) in [6.07, 6.45) is 2.42. The van der Waals surface area contributed by atoms with Crippen LogP contribution in [0.2, 0.25) is 0 Å². The standard InChI is InChI=1S/C15H19BrFN3O/c1-14(11-8-10(16)2-3-12(11)17)9-15(20-13(18)19-14)4-6-21-7-5-15/h2-3,8H,4-7,9H2,1H3,(H3,18,19,20). The highest BCUT2D eigenvalue weighted by atomic mass is 79.9. The Hall–Kier alpha value is -1.14. The number of nitrogens with zero attached hydrogens (tertiary/aromatic N) is 1. The van der Waals surface area contributed by atoms with E-state index in [4.69, 9.17) is 10.5 Å². The molecule has 1 unspecified atom stereocenters. The van der Waals surface area contributed by atoms with E-state index in [2.05, 4.69) is 26.2 Å². The zero-order valence-corrected chi connectivity index (χ0v) is 13.5. The first-order valence-corrected chi connectivity index (χ1v) is 7.89. The molecule has 2 aliphatic rings. The number of aliphatic imine (C=N–C) groups is 1. The summed E-state index contributed by atoms with van der Waals surface area (Å²) >= 11 is 3.41. The maximum Gasteiger partial charge on any atom is 0.189 e. The van der Waals surface area contributed by atoms with E-state index in [0.29, 0.717) is 31.2 Å². The normalized spacial score (nSPS) is 28.0. The molecular formula is C15H19BrFN3O. The van der Waals surface area contributed by atoms with E-state index in [0.717, 1.165) is 17.3 Å². The van der Waals surface area contributed by atoms with E-state index in [9.17, 15) is 4.39 Å². The Bertz CT molecular complexity index is 586. The van der Waals surface area contributed by atoms with Crippen LogP contribution in [0.3, 0.4) is 0 Å². The fourth-order valence-corrected chi connectivity index (χ4v) is 3.80. The Morgan fingerprint density at radius 3 is 2.81 bits per heavy atom. The van der Waals surface area contributed by atoms with Crippen LogP contribution in [0.25, 0.3) is 0 Å². The summed E-state index contributed by atoms with van der Waals surface area (Å²) in [4.78, 5) is 4.52. The third-order valence-corrected chi connectivity index (χ3v) is 4.89. The van der Waals surface area contributed by atoms with Crippen LogP contribution in [-0.2, 0) is 10.3 Å². The minimum Gasteiger partial charge on any atom is -0.381 e. The van der Waals surface area contributed by atoms with E-state index < -0.39 is 5.54 Å². The summed E-state index contributed by atoms with van der Waals surface area (Å²) in [6, 6.07) is 4.96. The molecule has 1 atom stereocenters. The second-order valence-electron chi connectivity index (χ2n) is 6.09. The molecule has 3 rings (SSSR count). The number of rotatable bonds is 1. The topological polar surface area (TPSA) is 59.6 Å². The summed E-state index contributed by atoms with van der Waals surface area (Å²) in [5.74, 6) is 0.131. The van der Waals surface area contributed by atoms with Crippen molar-refractivity contribution in [2.75, 3.05) is 13.2 Å². The first kappa shape index (κ1) is 14.8. The van der Waals surface area contributed by atoms with Crippen molar-refractivity contribution in [1.82, 2.24) is 5.32 Å². The molecule has 4 nitrogen and oxygen atoms in total. The van der Waals surface area contributed by atoms with E-state index in [1.807, 2.05) is 6.92 Å². The Morgan fingerprint density at radius 2 is 2.10 bits per heavy atom. The lowest BCUT2D eigenvalue weighted by molar-refractivity contribution is 0.0300. The lowest BCUT2D eigenvalue weighted by atomic mass is 9.74. The van der Waals surface area contributed by atoms with Gasteiger partial charge >= 0.3 is 0 Å². The summed E-state index contributed by atoms with van der Waals surface area (Å²) in [7, 11) is 0. The highest BCUT2D eigenvalue weighted by molar-refractivity contribution is 9.10. The molecule has 1 spiro atoms. The molecule has 21 heavy (non-hydrogen) atoms.